The third-order valence-electron chi connectivity index (χ3n) is 3.90. The fourth-order valence-electron chi connectivity index (χ4n) is 2.76. The molecule has 0 aliphatic carbocycles. The maximum Gasteiger partial charge on any atom is 0.0776 e. The van der Waals surface area contributed by atoms with Crippen LogP contribution in [0.25, 0.3) is 0 Å². The molecule has 1 aromatic carbocycles. The summed E-state index contributed by atoms with van der Waals surface area (Å²) in [6.45, 7) is 5.15. The van der Waals surface area contributed by atoms with E-state index in [9.17, 15) is 5.11 Å². The molecule has 19 heavy (non-hydrogen) atoms. The summed E-state index contributed by atoms with van der Waals surface area (Å²) in [5, 5.41) is 10.2. The quantitative estimate of drug-likeness (QED) is 0.920. The van der Waals surface area contributed by atoms with Gasteiger partial charge in [0, 0.05) is 30.8 Å². The first kappa shape index (κ1) is 14.6. The van der Waals surface area contributed by atoms with Gasteiger partial charge >= 0.3 is 0 Å². The summed E-state index contributed by atoms with van der Waals surface area (Å²) in [7, 11) is 4.28. The molecule has 0 radical (unpaired) electrons. The third-order valence-corrected chi connectivity index (χ3v) is 4.22. The van der Waals surface area contributed by atoms with E-state index in [1.165, 1.54) is 19.5 Å². The maximum absolute atomic E-state index is 9.59. The highest BCUT2D eigenvalue weighted by Gasteiger charge is 2.21. The standard InChI is InChI=1S/C15H23ClN2O/c1-11(19)14-5-4-13(8-15(14)16)18(3)10-12-6-7-17(2)9-12/h4-5,8,11-12,19H,6-7,9-10H2,1-3H3. The molecule has 2 rings (SSSR count). The minimum atomic E-state index is -0.518. The van der Waals surface area contributed by atoms with Crippen LogP contribution < -0.4 is 4.90 Å². The van der Waals surface area contributed by atoms with Gasteiger partial charge in [-0.3, -0.25) is 0 Å². The molecule has 0 bridgehead atoms. The van der Waals surface area contributed by atoms with E-state index in [0.29, 0.717) is 5.02 Å². The molecule has 1 N–H and O–H groups in total. The molecule has 0 saturated carbocycles. The van der Waals surface area contributed by atoms with Crippen molar-refractivity contribution < 1.29 is 5.11 Å². The van der Waals surface area contributed by atoms with Crippen molar-refractivity contribution in [2.24, 2.45) is 5.92 Å². The Morgan fingerprint density at radius 2 is 2.26 bits per heavy atom. The second-order valence-electron chi connectivity index (χ2n) is 5.68. The topological polar surface area (TPSA) is 26.7 Å². The number of anilines is 1. The molecule has 2 unspecified atom stereocenters. The van der Waals surface area contributed by atoms with Gasteiger partial charge in [0.05, 0.1) is 6.10 Å². The van der Waals surface area contributed by atoms with E-state index < -0.39 is 6.10 Å². The van der Waals surface area contributed by atoms with Crippen molar-refractivity contribution in [3.63, 3.8) is 0 Å². The number of nitrogens with zero attached hydrogens (tertiary/aromatic N) is 2. The van der Waals surface area contributed by atoms with Crippen LogP contribution >= 0.6 is 11.6 Å². The number of likely N-dealkylation sites (tertiary alicyclic amines) is 1. The molecular formula is C15H23ClN2O. The first-order valence-electron chi connectivity index (χ1n) is 6.84. The summed E-state index contributed by atoms with van der Waals surface area (Å²) >= 11 is 6.21. The molecule has 4 heteroatoms. The van der Waals surface area contributed by atoms with Crippen LogP contribution in [0.1, 0.15) is 25.0 Å². The van der Waals surface area contributed by atoms with E-state index in [-0.39, 0.29) is 0 Å². The Hall–Kier alpha value is -0.770. The molecule has 3 nitrogen and oxygen atoms in total. The third kappa shape index (κ3) is 3.62. The van der Waals surface area contributed by atoms with Crippen LogP contribution in [0.3, 0.4) is 0 Å². The Morgan fingerprint density at radius 1 is 1.53 bits per heavy atom. The Balaban J connectivity index is 2.03. The van der Waals surface area contributed by atoms with E-state index in [2.05, 4.69) is 23.9 Å². The molecule has 0 aromatic heterocycles. The predicted octanol–water partition coefficient (Wildman–Crippen LogP) is 2.78. The van der Waals surface area contributed by atoms with Gasteiger partial charge in [0.2, 0.25) is 0 Å². The van der Waals surface area contributed by atoms with Crippen molar-refractivity contribution in [1.82, 2.24) is 4.90 Å². The van der Waals surface area contributed by atoms with Crippen LogP contribution in [0, 0.1) is 5.92 Å². The van der Waals surface area contributed by atoms with Crippen LogP contribution in [0.5, 0.6) is 0 Å². The number of hydrogen-bond acceptors (Lipinski definition) is 3. The minimum absolute atomic E-state index is 0.518. The van der Waals surface area contributed by atoms with Gasteiger partial charge < -0.3 is 14.9 Å². The van der Waals surface area contributed by atoms with Gasteiger partial charge in [-0.25, -0.2) is 0 Å². The fraction of sp³-hybridized carbons (Fsp3) is 0.600. The molecule has 2 atom stereocenters. The lowest BCUT2D eigenvalue weighted by molar-refractivity contribution is 0.199. The van der Waals surface area contributed by atoms with E-state index in [1.807, 2.05) is 18.2 Å². The van der Waals surface area contributed by atoms with Crippen molar-refractivity contribution in [3.8, 4) is 0 Å². The largest absolute Gasteiger partial charge is 0.389 e. The number of halogens is 1. The van der Waals surface area contributed by atoms with Crippen LogP contribution in [-0.2, 0) is 0 Å². The van der Waals surface area contributed by atoms with Crippen molar-refractivity contribution in [3.05, 3.63) is 28.8 Å². The number of benzene rings is 1. The summed E-state index contributed by atoms with van der Waals surface area (Å²) in [6.07, 6.45) is 0.746. The normalized spacial score (nSPS) is 21.6. The van der Waals surface area contributed by atoms with Gasteiger partial charge in [0.1, 0.15) is 0 Å². The number of aliphatic hydroxyl groups is 1. The molecule has 1 aliphatic rings. The average Bonchev–Trinajstić information content (AvgIpc) is 2.74. The van der Waals surface area contributed by atoms with E-state index in [4.69, 9.17) is 11.6 Å². The van der Waals surface area contributed by atoms with Crippen molar-refractivity contribution in [2.45, 2.75) is 19.4 Å². The molecule has 1 saturated heterocycles. The molecule has 1 aliphatic heterocycles. The summed E-state index contributed by atoms with van der Waals surface area (Å²) < 4.78 is 0. The Bertz CT molecular complexity index is 436. The summed E-state index contributed by atoms with van der Waals surface area (Å²) in [5.41, 5.74) is 1.91. The molecule has 1 heterocycles. The SMILES string of the molecule is CC(O)c1ccc(N(C)CC2CCN(C)C2)cc1Cl. The van der Waals surface area contributed by atoms with Gasteiger partial charge in [0.25, 0.3) is 0 Å². The minimum Gasteiger partial charge on any atom is -0.389 e. The summed E-state index contributed by atoms with van der Waals surface area (Å²) in [6, 6.07) is 5.90. The van der Waals surface area contributed by atoms with Crippen molar-refractivity contribution >= 4 is 17.3 Å². The fourth-order valence-corrected chi connectivity index (χ4v) is 3.09. The molecule has 0 spiro atoms. The van der Waals surface area contributed by atoms with Gasteiger partial charge in [-0.15, -0.1) is 0 Å². The number of rotatable bonds is 4. The van der Waals surface area contributed by atoms with Crippen LogP contribution in [0.15, 0.2) is 18.2 Å². The first-order chi connectivity index (χ1) is 8.97. The highest BCUT2D eigenvalue weighted by atomic mass is 35.5. The van der Waals surface area contributed by atoms with Crippen LogP contribution in [0.2, 0.25) is 5.02 Å². The zero-order chi connectivity index (χ0) is 14.0. The molecule has 0 amide bonds. The second kappa shape index (κ2) is 6.12. The lowest BCUT2D eigenvalue weighted by Crippen LogP contribution is -2.27. The monoisotopic (exact) mass is 282 g/mol. The van der Waals surface area contributed by atoms with Crippen molar-refractivity contribution in [1.29, 1.82) is 0 Å². The highest BCUT2D eigenvalue weighted by Crippen LogP contribution is 2.28. The molecule has 1 aromatic rings. The van der Waals surface area contributed by atoms with E-state index in [0.717, 1.165) is 23.7 Å². The molecular weight excluding hydrogens is 260 g/mol. The lowest BCUT2D eigenvalue weighted by atomic mass is 10.1. The van der Waals surface area contributed by atoms with Crippen LogP contribution in [-0.4, -0.2) is 43.7 Å². The van der Waals surface area contributed by atoms with Gasteiger partial charge in [-0.1, -0.05) is 17.7 Å². The van der Waals surface area contributed by atoms with Gasteiger partial charge in [0.15, 0.2) is 0 Å². The number of hydrogen-bond donors (Lipinski definition) is 1. The van der Waals surface area contributed by atoms with Crippen molar-refractivity contribution in [2.75, 3.05) is 38.6 Å². The van der Waals surface area contributed by atoms with E-state index in [1.54, 1.807) is 6.92 Å². The molecule has 106 valence electrons. The highest BCUT2D eigenvalue weighted by molar-refractivity contribution is 6.31. The Labute approximate surface area is 120 Å². The molecule has 1 fully saturated rings. The summed E-state index contributed by atoms with van der Waals surface area (Å²) in [4.78, 5) is 4.63. The summed E-state index contributed by atoms with van der Waals surface area (Å²) in [5.74, 6) is 0.727. The zero-order valence-corrected chi connectivity index (χ0v) is 12.7. The first-order valence-corrected chi connectivity index (χ1v) is 7.22. The van der Waals surface area contributed by atoms with E-state index >= 15 is 0 Å². The maximum atomic E-state index is 9.59. The zero-order valence-electron chi connectivity index (χ0n) is 11.9. The average molecular weight is 283 g/mol. The second-order valence-corrected chi connectivity index (χ2v) is 6.09. The predicted molar refractivity (Wildman–Crippen MR) is 81.0 cm³/mol. The van der Waals surface area contributed by atoms with Crippen LogP contribution in [0.4, 0.5) is 5.69 Å². The Kier molecular flexibility index (Phi) is 4.71. The number of aliphatic hydroxyl groups excluding tert-OH is 1. The van der Waals surface area contributed by atoms with Gasteiger partial charge in [-0.05, 0) is 50.6 Å². The van der Waals surface area contributed by atoms with Gasteiger partial charge in [-0.2, -0.15) is 0 Å². The smallest absolute Gasteiger partial charge is 0.0776 e. The Morgan fingerprint density at radius 3 is 2.79 bits per heavy atom. The lowest BCUT2D eigenvalue weighted by Gasteiger charge is -2.24.